The lowest BCUT2D eigenvalue weighted by atomic mass is 9.84. The predicted molar refractivity (Wildman–Crippen MR) is 150 cm³/mol. The Bertz CT molecular complexity index is 1620. The van der Waals surface area contributed by atoms with Crippen LogP contribution in [-0.2, 0) is 21.2 Å². The lowest BCUT2D eigenvalue weighted by Crippen LogP contribution is -2.41. The van der Waals surface area contributed by atoms with Crippen LogP contribution >= 0.6 is 0 Å². The minimum Gasteiger partial charge on any atom is -0.324 e. The van der Waals surface area contributed by atoms with E-state index in [2.05, 4.69) is 5.32 Å². The molecule has 1 saturated heterocycles. The van der Waals surface area contributed by atoms with Crippen molar-refractivity contribution in [1.29, 1.82) is 0 Å². The second kappa shape index (κ2) is 11.9. The van der Waals surface area contributed by atoms with Gasteiger partial charge in [-0.2, -0.15) is 4.31 Å². The van der Waals surface area contributed by atoms with Crippen molar-refractivity contribution in [1.82, 2.24) is 4.31 Å². The van der Waals surface area contributed by atoms with Gasteiger partial charge < -0.3 is 11.1 Å². The van der Waals surface area contributed by atoms with Crippen LogP contribution in [0, 0.1) is 17.5 Å². The Labute approximate surface area is 236 Å². The molecule has 5 rings (SSSR count). The Balaban J connectivity index is 1.33. The Morgan fingerprint density at radius 3 is 2.10 bits per heavy atom. The molecule has 0 aliphatic carbocycles. The minimum absolute atomic E-state index is 0.167. The van der Waals surface area contributed by atoms with E-state index in [1.165, 1.54) is 71.0 Å². The lowest BCUT2D eigenvalue weighted by molar-refractivity contribution is -0.117. The number of nitrogens with two attached hydrogens (primary N) is 1. The molecule has 0 spiro atoms. The van der Waals surface area contributed by atoms with E-state index in [1.54, 1.807) is 30.3 Å². The summed E-state index contributed by atoms with van der Waals surface area (Å²) in [6.45, 7) is 0.321. The highest BCUT2D eigenvalue weighted by Crippen LogP contribution is 2.33. The molecular weight excluding hydrogens is 551 g/mol. The second-order valence-corrected chi connectivity index (χ2v) is 11.8. The Hall–Kier alpha value is -3.99. The molecule has 1 aliphatic heterocycles. The van der Waals surface area contributed by atoms with Crippen LogP contribution in [-0.4, -0.2) is 37.3 Å². The summed E-state index contributed by atoms with van der Waals surface area (Å²) in [5.41, 5.74) is 7.56. The van der Waals surface area contributed by atoms with E-state index in [0.717, 1.165) is 0 Å². The maximum absolute atomic E-state index is 14.9. The second-order valence-electron chi connectivity index (χ2n) is 9.95. The van der Waals surface area contributed by atoms with E-state index in [1.807, 2.05) is 0 Å². The van der Waals surface area contributed by atoms with Gasteiger partial charge >= 0.3 is 0 Å². The topological polar surface area (TPSA) is 92.3 Å². The molecule has 4 aromatic carbocycles. The molecule has 3 N–H and O–H groups in total. The van der Waals surface area contributed by atoms with Gasteiger partial charge in [0.1, 0.15) is 17.5 Å². The molecule has 1 fully saturated rings. The zero-order valence-corrected chi connectivity index (χ0v) is 22.7. The summed E-state index contributed by atoms with van der Waals surface area (Å²) in [6.07, 6.45) is 0.511. The highest BCUT2D eigenvalue weighted by Gasteiger charge is 2.44. The van der Waals surface area contributed by atoms with Crippen LogP contribution in [0.1, 0.15) is 29.0 Å². The van der Waals surface area contributed by atoms with Gasteiger partial charge in [-0.1, -0.05) is 48.5 Å². The van der Waals surface area contributed by atoms with E-state index < -0.39 is 45.3 Å². The van der Waals surface area contributed by atoms with E-state index in [9.17, 15) is 26.4 Å². The smallest absolute Gasteiger partial charge is 0.243 e. The fourth-order valence-electron chi connectivity index (χ4n) is 5.03. The molecule has 0 bridgehead atoms. The first-order valence-corrected chi connectivity index (χ1v) is 14.5. The fraction of sp³-hybridized carbons (Fsp3) is 0.194. The average molecular weight is 580 g/mol. The molecule has 0 saturated carbocycles. The van der Waals surface area contributed by atoms with Gasteiger partial charge in [0.05, 0.1) is 10.9 Å². The van der Waals surface area contributed by atoms with Crippen molar-refractivity contribution in [2.24, 2.45) is 5.73 Å². The number of nitrogens with one attached hydrogen (secondary N) is 1. The normalized spacial score (nSPS) is 17.3. The van der Waals surface area contributed by atoms with Gasteiger partial charge in [-0.3, -0.25) is 4.79 Å². The van der Waals surface area contributed by atoms with Crippen molar-refractivity contribution in [3.05, 3.63) is 131 Å². The zero-order chi connectivity index (χ0) is 29.1. The third-order valence-corrected chi connectivity index (χ3v) is 9.13. The Morgan fingerprint density at radius 2 is 1.49 bits per heavy atom. The molecule has 212 valence electrons. The quantitative estimate of drug-likeness (QED) is 0.253. The number of nitrogens with zero attached hydrogens (tertiary/aromatic N) is 1. The first-order chi connectivity index (χ1) is 19.6. The molecule has 0 radical (unpaired) electrons. The summed E-state index contributed by atoms with van der Waals surface area (Å²) >= 11 is 0. The summed E-state index contributed by atoms with van der Waals surface area (Å²) in [7, 11) is -3.64. The Morgan fingerprint density at radius 1 is 0.878 bits per heavy atom. The number of amides is 1. The molecule has 1 amide bonds. The van der Waals surface area contributed by atoms with Crippen LogP contribution in [0.3, 0.4) is 0 Å². The molecule has 6 nitrogen and oxygen atoms in total. The molecule has 0 aromatic heterocycles. The number of rotatable bonds is 10. The van der Waals surface area contributed by atoms with Gasteiger partial charge in [0.15, 0.2) is 0 Å². The molecule has 3 atom stereocenters. The highest BCUT2D eigenvalue weighted by atomic mass is 32.2. The zero-order valence-electron chi connectivity index (χ0n) is 21.9. The number of halogens is 3. The van der Waals surface area contributed by atoms with Crippen molar-refractivity contribution >= 4 is 21.6 Å². The minimum atomic E-state index is -3.64. The van der Waals surface area contributed by atoms with Gasteiger partial charge in [0, 0.05) is 29.8 Å². The Kier molecular flexibility index (Phi) is 8.25. The summed E-state index contributed by atoms with van der Waals surface area (Å²) in [5, 5.41) is 2.69. The largest absolute Gasteiger partial charge is 0.324 e. The molecule has 1 aliphatic rings. The van der Waals surface area contributed by atoms with Crippen LogP contribution in [0.4, 0.5) is 18.9 Å². The molecule has 10 heteroatoms. The van der Waals surface area contributed by atoms with Gasteiger partial charge in [-0.25, -0.2) is 21.6 Å². The number of hydrogen-bond donors (Lipinski definition) is 2. The first kappa shape index (κ1) is 28.5. The van der Waals surface area contributed by atoms with Gasteiger partial charge in [-0.05, 0) is 72.5 Å². The molecule has 1 unspecified atom stereocenters. The number of benzene rings is 4. The summed E-state index contributed by atoms with van der Waals surface area (Å²) < 4.78 is 70.2. The average Bonchev–Trinajstić information content (AvgIpc) is 3.74. The number of hydrogen-bond acceptors (Lipinski definition) is 4. The van der Waals surface area contributed by atoms with Crippen LogP contribution in [0.2, 0.25) is 0 Å². The van der Waals surface area contributed by atoms with Crippen LogP contribution in [0.5, 0.6) is 0 Å². The van der Waals surface area contributed by atoms with Crippen molar-refractivity contribution in [3.63, 3.8) is 0 Å². The standard InChI is InChI=1S/C31H28F3N3O3S/c32-22-9-4-7-20(17-22)29(21-8-5-10-23(33)18-21)30(35)31(38)36-28-14-6-13-27(34)26(28)16-15-24-19-37(24)41(39,40)25-11-2-1-3-12-25/h1-14,17-18,24,29-30H,15-16,19,35H2,(H,36,38)/t24-,30-,37?/m0/s1. The van der Waals surface area contributed by atoms with Gasteiger partial charge in [0.2, 0.25) is 15.9 Å². The van der Waals surface area contributed by atoms with Crippen molar-refractivity contribution < 1.29 is 26.4 Å². The molecular formula is C31H28F3N3O3S. The van der Waals surface area contributed by atoms with Crippen LogP contribution < -0.4 is 11.1 Å². The first-order valence-electron chi connectivity index (χ1n) is 13.1. The van der Waals surface area contributed by atoms with Crippen molar-refractivity contribution in [2.75, 3.05) is 11.9 Å². The van der Waals surface area contributed by atoms with Gasteiger partial charge in [-0.15, -0.1) is 0 Å². The SMILES string of the molecule is N[C@H](C(=O)Nc1cccc(F)c1CC[C@H]1CN1S(=O)(=O)c1ccccc1)C(c1cccc(F)c1)c1cccc(F)c1. The van der Waals surface area contributed by atoms with Crippen LogP contribution in [0.25, 0.3) is 0 Å². The third-order valence-electron chi connectivity index (χ3n) is 7.20. The van der Waals surface area contributed by atoms with E-state index in [0.29, 0.717) is 24.1 Å². The number of carbonyl (C=O) groups excluding carboxylic acids is 1. The lowest BCUT2D eigenvalue weighted by Gasteiger charge is -2.25. The summed E-state index contributed by atoms with van der Waals surface area (Å²) in [4.78, 5) is 13.6. The molecule has 4 aromatic rings. The summed E-state index contributed by atoms with van der Waals surface area (Å²) in [6, 6.07) is 21.9. The van der Waals surface area contributed by atoms with Gasteiger partial charge in [0.25, 0.3) is 0 Å². The van der Waals surface area contributed by atoms with Crippen LogP contribution in [0.15, 0.2) is 102 Å². The third kappa shape index (κ3) is 6.35. The van der Waals surface area contributed by atoms with E-state index >= 15 is 0 Å². The van der Waals surface area contributed by atoms with E-state index in [4.69, 9.17) is 5.73 Å². The number of sulfonamides is 1. The molecule has 1 heterocycles. The number of carbonyl (C=O) groups is 1. The molecule has 41 heavy (non-hydrogen) atoms. The van der Waals surface area contributed by atoms with Crippen molar-refractivity contribution in [2.45, 2.75) is 35.7 Å². The van der Waals surface area contributed by atoms with Crippen molar-refractivity contribution in [3.8, 4) is 0 Å². The highest BCUT2D eigenvalue weighted by molar-refractivity contribution is 7.89. The maximum Gasteiger partial charge on any atom is 0.243 e. The summed E-state index contributed by atoms with van der Waals surface area (Å²) in [5.74, 6) is -3.18. The fourth-order valence-corrected chi connectivity index (χ4v) is 6.67. The predicted octanol–water partition coefficient (Wildman–Crippen LogP) is 5.21. The number of anilines is 1. The van der Waals surface area contributed by atoms with E-state index in [-0.39, 0.29) is 28.6 Å². The maximum atomic E-state index is 14.9. The monoisotopic (exact) mass is 579 g/mol.